The molecule has 2 rings (SSSR count). The highest BCUT2D eigenvalue weighted by molar-refractivity contribution is 7.09. The van der Waals surface area contributed by atoms with E-state index < -0.39 is 0 Å². The maximum atomic E-state index is 4.45. The monoisotopic (exact) mass is 252 g/mol. The molecule has 0 bridgehead atoms. The van der Waals surface area contributed by atoms with Crippen LogP contribution in [0.5, 0.6) is 0 Å². The lowest BCUT2D eigenvalue weighted by Crippen LogP contribution is -2.46. The second kappa shape index (κ2) is 5.07. The molecule has 2 nitrogen and oxygen atoms in total. The molecule has 2 unspecified atom stereocenters. The van der Waals surface area contributed by atoms with Gasteiger partial charge in [0.2, 0.25) is 0 Å². The smallest absolute Gasteiger partial charge is 0.112 e. The number of nitrogens with zero attached hydrogens (tertiary/aromatic N) is 1. The summed E-state index contributed by atoms with van der Waals surface area (Å²) in [6.07, 6.45) is 5.89. The SMILES string of the molecule is CC1CC(C)CC(NC(C)(C)c2nccs2)C1. The average molecular weight is 252 g/mol. The van der Waals surface area contributed by atoms with E-state index in [1.165, 1.54) is 24.3 Å². The van der Waals surface area contributed by atoms with Crippen LogP contribution in [0.15, 0.2) is 11.6 Å². The van der Waals surface area contributed by atoms with Gasteiger partial charge >= 0.3 is 0 Å². The van der Waals surface area contributed by atoms with E-state index in [9.17, 15) is 0 Å². The normalized spacial score (nSPS) is 30.5. The van der Waals surface area contributed by atoms with Gasteiger partial charge in [-0.05, 0) is 44.9 Å². The number of aromatic nitrogens is 1. The Balaban J connectivity index is 2.00. The van der Waals surface area contributed by atoms with Crippen molar-refractivity contribution in [2.75, 3.05) is 0 Å². The molecule has 0 saturated heterocycles. The van der Waals surface area contributed by atoms with Crippen molar-refractivity contribution in [3.63, 3.8) is 0 Å². The summed E-state index contributed by atoms with van der Waals surface area (Å²) in [5.74, 6) is 1.70. The molecule has 1 saturated carbocycles. The minimum Gasteiger partial charge on any atom is -0.303 e. The molecule has 3 heteroatoms. The van der Waals surface area contributed by atoms with Gasteiger partial charge in [0.05, 0.1) is 5.54 Å². The lowest BCUT2D eigenvalue weighted by atomic mass is 9.79. The lowest BCUT2D eigenvalue weighted by Gasteiger charge is -2.37. The first-order chi connectivity index (χ1) is 7.97. The van der Waals surface area contributed by atoms with Crippen LogP contribution in [0.3, 0.4) is 0 Å². The van der Waals surface area contributed by atoms with Gasteiger partial charge in [0, 0.05) is 17.6 Å². The molecule has 0 amide bonds. The van der Waals surface area contributed by atoms with Crippen molar-refractivity contribution >= 4 is 11.3 Å². The van der Waals surface area contributed by atoms with Crippen molar-refractivity contribution in [1.82, 2.24) is 10.3 Å². The zero-order valence-electron chi connectivity index (χ0n) is 11.4. The molecule has 0 spiro atoms. The number of nitrogens with one attached hydrogen (secondary N) is 1. The fourth-order valence-electron chi connectivity index (χ4n) is 3.17. The zero-order valence-corrected chi connectivity index (χ0v) is 12.2. The average Bonchev–Trinajstić information content (AvgIpc) is 2.67. The summed E-state index contributed by atoms with van der Waals surface area (Å²) >= 11 is 1.75. The van der Waals surface area contributed by atoms with Gasteiger partial charge in [-0.15, -0.1) is 11.3 Å². The molecule has 96 valence electrons. The van der Waals surface area contributed by atoms with Gasteiger partial charge in [0.1, 0.15) is 5.01 Å². The summed E-state index contributed by atoms with van der Waals surface area (Å²) in [5.41, 5.74) is 0.00954. The van der Waals surface area contributed by atoms with E-state index in [1.807, 2.05) is 6.20 Å². The highest BCUT2D eigenvalue weighted by Gasteiger charge is 2.30. The third-order valence-electron chi connectivity index (χ3n) is 3.71. The van der Waals surface area contributed by atoms with E-state index in [0.29, 0.717) is 6.04 Å². The summed E-state index contributed by atoms with van der Waals surface area (Å²) in [4.78, 5) is 4.45. The van der Waals surface area contributed by atoms with Gasteiger partial charge in [-0.25, -0.2) is 4.98 Å². The molecule has 0 aliphatic heterocycles. The Morgan fingerprint density at radius 1 is 1.24 bits per heavy atom. The van der Waals surface area contributed by atoms with Crippen LogP contribution in [0.25, 0.3) is 0 Å². The van der Waals surface area contributed by atoms with Crippen molar-refractivity contribution in [2.24, 2.45) is 11.8 Å². The van der Waals surface area contributed by atoms with Crippen LogP contribution in [-0.4, -0.2) is 11.0 Å². The summed E-state index contributed by atoms with van der Waals surface area (Å²) in [6, 6.07) is 0.646. The lowest BCUT2D eigenvalue weighted by molar-refractivity contribution is 0.201. The highest BCUT2D eigenvalue weighted by atomic mass is 32.1. The number of thiazole rings is 1. The Bertz CT molecular complexity index is 335. The minimum atomic E-state index is 0.00954. The minimum absolute atomic E-state index is 0.00954. The van der Waals surface area contributed by atoms with Crippen LogP contribution >= 0.6 is 11.3 Å². The van der Waals surface area contributed by atoms with E-state index in [2.05, 4.69) is 43.4 Å². The fraction of sp³-hybridized carbons (Fsp3) is 0.786. The maximum Gasteiger partial charge on any atom is 0.112 e. The number of hydrogen-bond acceptors (Lipinski definition) is 3. The van der Waals surface area contributed by atoms with Crippen LogP contribution in [0.2, 0.25) is 0 Å². The third-order valence-corrected chi connectivity index (χ3v) is 4.81. The molecule has 1 N–H and O–H groups in total. The van der Waals surface area contributed by atoms with Crippen molar-refractivity contribution in [3.05, 3.63) is 16.6 Å². The molecular weight excluding hydrogens is 228 g/mol. The first-order valence-corrected chi connectivity index (χ1v) is 7.53. The van der Waals surface area contributed by atoms with Crippen LogP contribution < -0.4 is 5.32 Å². The fourth-order valence-corrected chi connectivity index (χ4v) is 3.89. The maximum absolute atomic E-state index is 4.45. The van der Waals surface area contributed by atoms with Crippen molar-refractivity contribution in [3.8, 4) is 0 Å². The van der Waals surface area contributed by atoms with Gasteiger partial charge in [-0.3, -0.25) is 0 Å². The highest BCUT2D eigenvalue weighted by Crippen LogP contribution is 2.31. The van der Waals surface area contributed by atoms with Crippen LogP contribution in [0.1, 0.15) is 52.0 Å². The van der Waals surface area contributed by atoms with Gasteiger partial charge in [-0.1, -0.05) is 13.8 Å². The van der Waals surface area contributed by atoms with Gasteiger partial charge in [0.15, 0.2) is 0 Å². The van der Waals surface area contributed by atoms with Crippen molar-refractivity contribution < 1.29 is 0 Å². The number of rotatable bonds is 3. The summed E-state index contributed by atoms with van der Waals surface area (Å²) in [5, 5.41) is 7.06. The largest absolute Gasteiger partial charge is 0.303 e. The quantitative estimate of drug-likeness (QED) is 0.885. The molecule has 1 aromatic rings. The zero-order chi connectivity index (χ0) is 12.5. The Morgan fingerprint density at radius 2 is 1.88 bits per heavy atom. The van der Waals surface area contributed by atoms with Gasteiger partial charge in [-0.2, -0.15) is 0 Å². The standard InChI is InChI=1S/C14H24N2S/c1-10-7-11(2)9-12(8-10)16-14(3,4)13-15-5-6-17-13/h5-6,10-12,16H,7-9H2,1-4H3. The van der Waals surface area contributed by atoms with Crippen LogP contribution in [-0.2, 0) is 5.54 Å². The molecule has 1 fully saturated rings. The molecule has 1 aliphatic rings. The Kier molecular flexibility index (Phi) is 3.88. The van der Waals surface area contributed by atoms with E-state index in [-0.39, 0.29) is 5.54 Å². The molecular formula is C14H24N2S. The van der Waals surface area contributed by atoms with Crippen LogP contribution in [0.4, 0.5) is 0 Å². The molecule has 1 aliphatic carbocycles. The van der Waals surface area contributed by atoms with Crippen molar-refractivity contribution in [1.29, 1.82) is 0 Å². The molecule has 17 heavy (non-hydrogen) atoms. The van der Waals surface area contributed by atoms with E-state index in [4.69, 9.17) is 0 Å². The third kappa shape index (κ3) is 3.29. The molecule has 2 atom stereocenters. The predicted octanol–water partition coefficient (Wildman–Crippen LogP) is 3.79. The second-order valence-corrected chi connectivity index (χ2v) is 7.12. The predicted molar refractivity (Wildman–Crippen MR) is 74.2 cm³/mol. The summed E-state index contributed by atoms with van der Waals surface area (Å²) in [6.45, 7) is 9.24. The Labute approximate surface area is 109 Å². The van der Waals surface area contributed by atoms with Crippen molar-refractivity contribution in [2.45, 2.75) is 58.5 Å². The Hall–Kier alpha value is -0.410. The first-order valence-electron chi connectivity index (χ1n) is 6.65. The summed E-state index contributed by atoms with van der Waals surface area (Å²) < 4.78 is 0. The first kappa shape index (κ1) is 13.0. The van der Waals surface area contributed by atoms with E-state index in [1.54, 1.807) is 11.3 Å². The van der Waals surface area contributed by atoms with Gasteiger partial charge < -0.3 is 5.32 Å². The topological polar surface area (TPSA) is 24.9 Å². The number of hydrogen-bond donors (Lipinski definition) is 1. The van der Waals surface area contributed by atoms with E-state index in [0.717, 1.165) is 11.8 Å². The molecule has 0 radical (unpaired) electrons. The van der Waals surface area contributed by atoms with E-state index >= 15 is 0 Å². The van der Waals surface area contributed by atoms with Crippen LogP contribution in [0, 0.1) is 11.8 Å². The Morgan fingerprint density at radius 3 is 2.41 bits per heavy atom. The van der Waals surface area contributed by atoms with Gasteiger partial charge in [0.25, 0.3) is 0 Å². The summed E-state index contributed by atoms with van der Waals surface area (Å²) in [7, 11) is 0. The molecule has 1 aromatic heterocycles. The molecule has 1 heterocycles. The molecule has 0 aromatic carbocycles. The second-order valence-electron chi connectivity index (χ2n) is 6.22.